The van der Waals surface area contributed by atoms with Crippen molar-refractivity contribution < 1.29 is 35.9 Å². The van der Waals surface area contributed by atoms with Crippen molar-refractivity contribution in [2.24, 2.45) is 0 Å². The van der Waals surface area contributed by atoms with Crippen molar-refractivity contribution in [3.05, 3.63) is 29.8 Å². The van der Waals surface area contributed by atoms with Crippen LogP contribution in [0.5, 0.6) is 0 Å². The Kier molecular flexibility index (Phi) is 5.92. The number of alkyl halides is 3. The van der Waals surface area contributed by atoms with Gasteiger partial charge in [-0.1, -0.05) is 19.1 Å². The van der Waals surface area contributed by atoms with Crippen molar-refractivity contribution in [2.45, 2.75) is 60.7 Å². The molecule has 2 aliphatic rings. The number of amides is 2. The molecular weight excluding hydrogens is 439 g/mol. The van der Waals surface area contributed by atoms with Crippen LogP contribution in [-0.4, -0.2) is 48.9 Å². The molecule has 1 N–H and O–H groups in total. The van der Waals surface area contributed by atoms with Gasteiger partial charge in [-0.2, -0.15) is 18.4 Å². The number of carbonyl (C=O) groups excluding carboxylic acids is 2. The van der Waals surface area contributed by atoms with Gasteiger partial charge in [0.25, 0.3) is 0 Å². The second-order valence-electron chi connectivity index (χ2n) is 7.48. The molecule has 0 aromatic heterocycles. The summed E-state index contributed by atoms with van der Waals surface area (Å²) in [6, 6.07) is 5.75. The monoisotopic (exact) mass is 459 g/mol. The van der Waals surface area contributed by atoms with Crippen LogP contribution >= 0.6 is 0 Å². The summed E-state index contributed by atoms with van der Waals surface area (Å²) in [6.45, 7) is 1.11. The smallest absolute Gasteiger partial charge is 0.417 e. The number of nitrogens with zero attached hydrogens (tertiary/aromatic N) is 2. The van der Waals surface area contributed by atoms with Crippen molar-refractivity contribution >= 4 is 21.8 Å². The molecule has 2 atom stereocenters. The number of ether oxygens (including phenoxy) is 1. The standard InChI is InChI=1S/C19H20F3N3O5S/c1-2-15(26)25-10-12(9-16(25)30-17(27)24-18(11-23)7-8-18)31(28,29)14-6-4-3-5-13(14)19(20,21)22/h3-6,12,16H,2,7-10H2,1H3,(H,24,27)/t12-,16+/m1/s1. The van der Waals surface area contributed by atoms with Crippen LogP contribution in [0.2, 0.25) is 0 Å². The van der Waals surface area contributed by atoms with E-state index >= 15 is 0 Å². The molecule has 0 unspecified atom stereocenters. The number of rotatable bonds is 5. The number of alkyl carbamates (subject to hydrolysis) is 1. The highest BCUT2D eigenvalue weighted by Gasteiger charge is 2.48. The molecule has 0 spiro atoms. The normalized spacial score (nSPS) is 22.5. The Morgan fingerprint density at radius 3 is 2.52 bits per heavy atom. The summed E-state index contributed by atoms with van der Waals surface area (Å²) >= 11 is 0. The molecule has 12 heteroatoms. The van der Waals surface area contributed by atoms with Crippen molar-refractivity contribution in [2.75, 3.05) is 6.54 Å². The van der Waals surface area contributed by atoms with E-state index in [4.69, 9.17) is 10.00 Å². The summed E-state index contributed by atoms with van der Waals surface area (Å²) in [5, 5.41) is 10.0. The van der Waals surface area contributed by atoms with Gasteiger partial charge in [0.05, 0.1) is 21.8 Å². The summed E-state index contributed by atoms with van der Waals surface area (Å²) in [6.07, 6.45) is -6.68. The molecule has 2 amide bonds. The quantitative estimate of drug-likeness (QED) is 0.724. The first-order valence-corrected chi connectivity index (χ1v) is 11.1. The van der Waals surface area contributed by atoms with Gasteiger partial charge in [-0.25, -0.2) is 13.2 Å². The second kappa shape index (κ2) is 8.03. The van der Waals surface area contributed by atoms with E-state index in [0.717, 1.165) is 17.0 Å². The number of hydrogen-bond donors (Lipinski definition) is 1. The minimum Gasteiger partial charge on any atom is -0.425 e. The predicted molar refractivity (Wildman–Crippen MR) is 100 cm³/mol. The van der Waals surface area contributed by atoms with Crippen LogP contribution < -0.4 is 5.32 Å². The zero-order valence-corrected chi connectivity index (χ0v) is 17.3. The molecule has 1 saturated carbocycles. The van der Waals surface area contributed by atoms with Crippen molar-refractivity contribution in [3.63, 3.8) is 0 Å². The lowest BCUT2D eigenvalue weighted by Crippen LogP contribution is -2.43. The highest BCUT2D eigenvalue weighted by molar-refractivity contribution is 7.92. The fraction of sp³-hybridized carbons (Fsp3) is 0.526. The van der Waals surface area contributed by atoms with E-state index in [1.807, 2.05) is 6.07 Å². The molecule has 8 nitrogen and oxygen atoms in total. The maximum Gasteiger partial charge on any atom is 0.417 e. The van der Waals surface area contributed by atoms with E-state index in [2.05, 4.69) is 5.32 Å². The topological polar surface area (TPSA) is 117 Å². The molecule has 2 fully saturated rings. The summed E-state index contributed by atoms with van der Waals surface area (Å²) in [7, 11) is -4.50. The SMILES string of the molecule is CCC(=O)N1C[C@H](S(=O)(=O)c2ccccc2C(F)(F)F)C[C@@H]1OC(=O)NC1(C#N)CC1. The third-order valence-electron chi connectivity index (χ3n) is 5.32. The zero-order valence-electron chi connectivity index (χ0n) is 16.5. The van der Waals surface area contributed by atoms with Gasteiger partial charge >= 0.3 is 12.3 Å². The van der Waals surface area contributed by atoms with Gasteiger partial charge in [0.15, 0.2) is 16.1 Å². The molecule has 1 aromatic carbocycles. The van der Waals surface area contributed by atoms with Crippen molar-refractivity contribution in [3.8, 4) is 6.07 Å². The minimum absolute atomic E-state index is 0.0183. The van der Waals surface area contributed by atoms with Gasteiger partial charge in [0.1, 0.15) is 5.54 Å². The fourth-order valence-corrected chi connectivity index (χ4v) is 5.32. The average molecular weight is 459 g/mol. The van der Waals surface area contributed by atoms with E-state index < -0.39 is 62.0 Å². The van der Waals surface area contributed by atoms with E-state index in [1.54, 1.807) is 0 Å². The van der Waals surface area contributed by atoms with Gasteiger partial charge in [-0.05, 0) is 25.0 Å². The number of benzene rings is 1. The van der Waals surface area contributed by atoms with Gasteiger partial charge in [-0.3, -0.25) is 4.79 Å². The van der Waals surface area contributed by atoms with Crippen LogP contribution in [0.15, 0.2) is 29.2 Å². The van der Waals surface area contributed by atoms with E-state index in [9.17, 15) is 31.2 Å². The minimum atomic E-state index is -4.88. The van der Waals surface area contributed by atoms with Crippen LogP contribution in [0.4, 0.5) is 18.0 Å². The molecule has 3 rings (SSSR count). The number of hydrogen-bond acceptors (Lipinski definition) is 6. The third kappa shape index (κ3) is 4.61. The molecule has 31 heavy (non-hydrogen) atoms. The third-order valence-corrected chi connectivity index (χ3v) is 7.51. The van der Waals surface area contributed by atoms with Gasteiger partial charge in [0.2, 0.25) is 5.91 Å². The summed E-state index contributed by atoms with van der Waals surface area (Å²) in [5.41, 5.74) is -2.33. The Bertz CT molecular complexity index is 1030. The number of sulfone groups is 1. The molecule has 0 bridgehead atoms. The van der Waals surface area contributed by atoms with Crippen LogP contribution in [0.25, 0.3) is 0 Å². The number of carbonyl (C=O) groups is 2. The highest BCUT2D eigenvalue weighted by Crippen LogP contribution is 2.38. The Morgan fingerprint density at radius 1 is 1.32 bits per heavy atom. The van der Waals surface area contributed by atoms with Crippen molar-refractivity contribution in [1.29, 1.82) is 5.26 Å². The second-order valence-corrected chi connectivity index (χ2v) is 9.67. The lowest BCUT2D eigenvalue weighted by molar-refractivity contribution is -0.140. The summed E-state index contributed by atoms with van der Waals surface area (Å²) in [5.74, 6) is -0.513. The molecule has 168 valence electrons. The average Bonchev–Trinajstić information content (AvgIpc) is 3.35. The molecule has 1 heterocycles. The Labute approximate surface area is 176 Å². The first kappa shape index (κ1) is 22.9. The van der Waals surface area contributed by atoms with Crippen LogP contribution in [0.3, 0.4) is 0 Å². The fourth-order valence-electron chi connectivity index (χ4n) is 3.43. The van der Waals surface area contributed by atoms with Crippen LogP contribution in [-0.2, 0) is 25.5 Å². The molecule has 1 aliphatic carbocycles. The molecule has 0 radical (unpaired) electrons. The van der Waals surface area contributed by atoms with E-state index in [0.29, 0.717) is 18.9 Å². The summed E-state index contributed by atoms with van der Waals surface area (Å²) < 4.78 is 71.3. The molecule has 1 saturated heterocycles. The summed E-state index contributed by atoms with van der Waals surface area (Å²) in [4.78, 5) is 24.6. The number of likely N-dealkylation sites (tertiary alicyclic amines) is 1. The number of nitrogens with one attached hydrogen (secondary N) is 1. The van der Waals surface area contributed by atoms with Gasteiger partial charge < -0.3 is 15.0 Å². The highest BCUT2D eigenvalue weighted by atomic mass is 32.2. The van der Waals surface area contributed by atoms with E-state index in [1.165, 1.54) is 13.0 Å². The Hall–Kier alpha value is -2.81. The first-order valence-electron chi connectivity index (χ1n) is 9.53. The van der Waals surface area contributed by atoms with Crippen LogP contribution in [0.1, 0.15) is 38.2 Å². The predicted octanol–water partition coefficient (Wildman–Crippen LogP) is 2.60. The Balaban J connectivity index is 1.85. The lowest BCUT2D eigenvalue weighted by Gasteiger charge is -2.24. The zero-order chi connectivity index (χ0) is 23.0. The molecule has 1 aliphatic heterocycles. The molecular formula is C19H20F3N3O5S. The van der Waals surface area contributed by atoms with Crippen molar-refractivity contribution in [1.82, 2.24) is 10.2 Å². The number of halogens is 3. The number of nitriles is 1. The maximum absolute atomic E-state index is 13.3. The largest absolute Gasteiger partial charge is 0.425 e. The van der Waals surface area contributed by atoms with Gasteiger partial charge in [-0.15, -0.1) is 0 Å². The van der Waals surface area contributed by atoms with E-state index in [-0.39, 0.29) is 12.8 Å². The maximum atomic E-state index is 13.3. The van der Waals surface area contributed by atoms with Gasteiger partial charge in [0, 0.05) is 19.4 Å². The Morgan fingerprint density at radius 2 is 1.97 bits per heavy atom. The van der Waals surface area contributed by atoms with Crippen LogP contribution in [0, 0.1) is 11.3 Å². The first-order chi connectivity index (χ1) is 14.4. The lowest BCUT2D eigenvalue weighted by atomic mass is 10.2. The molecule has 1 aromatic rings.